The lowest BCUT2D eigenvalue weighted by Crippen LogP contribution is -2.52. The number of carbonyl (C=O) groups excluding carboxylic acids is 2. The summed E-state index contributed by atoms with van der Waals surface area (Å²) in [5.74, 6) is -1.52. The van der Waals surface area contributed by atoms with E-state index in [2.05, 4.69) is 5.32 Å². The van der Waals surface area contributed by atoms with Gasteiger partial charge in [0, 0.05) is 17.6 Å². The fraction of sp³-hybridized carbons (Fsp3) is 0.310. The molecule has 0 aliphatic carbocycles. The number of sulfonamides is 1. The summed E-state index contributed by atoms with van der Waals surface area (Å²) in [7, 11) is -4.22. The third-order valence-corrected chi connectivity index (χ3v) is 8.44. The lowest BCUT2D eigenvalue weighted by Gasteiger charge is -2.32. The molecule has 7 nitrogen and oxygen atoms in total. The van der Waals surface area contributed by atoms with Crippen LogP contribution < -0.4 is 9.62 Å². The Bertz CT molecular complexity index is 1400. The van der Waals surface area contributed by atoms with E-state index < -0.39 is 34.3 Å². The van der Waals surface area contributed by atoms with Crippen molar-refractivity contribution in [2.45, 2.75) is 57.6 Å². The van der Waals surface area contributed by atoms with Crippen molar-refractivity contribution < 1.29 is 22.4 Å². The Morgan fingerprint density at radius 3 is 2.23 bits per heavy atom. The van der Waals surface area contributed by atoms with Gasteiger partial charge in [0.05, 0.1) is 10.6 Å². The summed E-state index contributed by atoms with van der Waals surface area (Å²) in [6.45, 7) is 6.63. The SMILES string of the molecule is CCC(C)NC(=O)C(C)N(Cc1cccc(Cl)c1)C(=O)CN(c1ccc(F)cc1)S(=O)(=O)c1ccc(C)cc1. The Morgan fingerprint density at radius 2 is 1.64 bits per heavy atom. The molecule has 2 unspecified atom stereocenters. The molecule has 0 bridgehead atoms. The molecule has 0 saturated heterocycles. The largest absolute Gasteiger partial charge is 0.352 e. The highest BCUT2D eigenvalue weighted by Crippen LogP contribution is 2.25. The van der Waals surface area contributed by atoms with E-state index in [1.165, 1.54) is 29.2 Å². The topological polar surface area (TPSA) is 86.8 Å². The maximum absolute atomic E-state index is 13.8. The number of halogens is 2. The van der Waals surface area contributed by atoms with Crippen LogP contribution >= 0.6 is 11.6 Å². The van der Waals surface area contributed by atoms with Crippen LogP contribution in [0.3, 0.4) is 0 Å². The van der Waals surface area contributed by atoms with E-state index in [4.69, 9.17) is 11.6 Å². The predicted molar refractivity (Wildman–Crippen MR) is 151 cm³/mol. The molecular formula is C29H33ClFN3O4S. The Balaban J connectivity index is 2.02. The van der Waals surface area contributed by atoms with Gasteiger partial charge in [0.15, 0.2) is 0 Å². The maximum Gasteiger partial charge on any atom is 0.264 e. The smallest absolute Gasteiger partial charge is 0.264 e. The molecule has 0 aliphatic rings. The Kier molecular flexibility index (Phi) is 10.1. The second-order valence-corrected chi connectivity index (χ2v) is 11.7. The van der Waals surface area contributed by atoms with E-state index in [1.54, 1.807) is 43.3 Å². The minimum atomic E-state index is -4.22. The van der Waals surface area contributed by atoms with Crippen LogP contribution in [0.4, 0.5) is 10.1 Å². The minimum Gasteiger partial charge on any atom is -0.352 e. The molecule has 3 aromatic rings. The fourth-order valence-electron chi connectivity index (χ4n) is 3.85. The van der Waals surface area contributed by atoms with Gasteiger partial charge in [-0.1, -0.05) is 48.4 Å². The van der Waals surface area contributed by atoms with E-state index in [0.717, 1.165) is 22.0 Å². The summed E-state index contributed by atoms with van der Waals surface area (Å²) in [6, 6.07) is 16.9. The summed E-state index contributed by atoms with van der Waals surface area (Å²) in [6.07, 6.45) is 0.702. The molecule has 0 aromatic heterocycles. The molecular weight excluding hydrogens is 541 g/mol. The number of rotatable bonds is 11. The van der Waals surface area contributed by atoms with Gasteiger partial charge < -0.3 is 10.2 Å². The molecule has 39 heavy (non-hydrogen) atoms. The lowest BCUT2D eigenvalue weighted by molar-refractivity contribution is -0.139. The number of hydrogen-bond donors (Lipinski definition) is 1. The highest BCUT2D eigenvalue weighted by molar-refractivity contribution is 7.92. The number of anilines is 1. The van der Waals surface area contributed by atoms with Crippen LogP contribution in [-0.2, 0) is 26.2 Å². The summed E-state index contributed by atoms with van der Waals surface area (Å²) in [5, 5.41) is 3.35. The van der Waals surface area contributed by atoms with Gasteiger partial charge in [0.25, 0.3) is 10.0 Å². The zero-order valence-corrected chi connectivity index (χ0v) is 24.0. The number of amides is 2. The standard InChI is InChI=1S/C29H33ClFN3O4S/c1-5-21(3)32-29(36)22(4)33(18-23-7-6-8-24(30)17-23)28(35)19-34(26-13-11-25(31)12-14-26)39(37,38)27-15-9-20(2)10-16-27/h6-17,21-22H,5,18-19H2,1-4H3,(H,32,36). The van der Waals surface area contributed by atoms with E-state index in [-0.39, 0.29) is 29.1 Å². The molecule has 2 amide bonds. The average molecular weight is 574 g/mol. The Hall–Kier alpha value is -3.43. The van der Waals surface area contributed by atoms with Crippen molar-refractivity contribution in [1.29, 1.82) is 0 Å². The highest BCUT2D eigenvalue weighted by Gasteiger charge is 2.32. The monoisotopic (exact) mass is 573 g/mol. The number of carbonyl (C=O) groups is 2. The first-order valence-corrected chi connectivity index (χ1v) is 14.4. The first kappa shape index (κ1) is 30.1. The van der Waals surface area contributed by atoms with Crippen LogP contribution in [0.25, 0.3) is 0 Å². The van der Waals surface area contributed by atoms with Crippen LogP contribution in [0, 0.1) is 12.7 Å². The third-order valence-electron chi connectivity index (χ3n) is 6.41. The van der Waals surface area contributed by atoms with Gasteiger partial charge in [-0.05, 0) is 81.3 Å². The van der Waals surface area contributed by atoms with Crippen molar-refractivity contribution in [2.24, 2.45) is 0 Å². The molecule has 0 spiro atoms. The molecule has 0 radical (unpaired) electrons. The summed E-state index contributed by atoms with van der Waals surface area (Å²) < 4.78 is 42.1. The van der Waals surface area contributed by atoms with Gasteiger partial charge in [-0.15, -0.1) is 0 Å². The summed E-state index contributed by atoms with van der Waals surface area (Å²) in [5.41, 5.74) is 1.66. The third kappa shape index (κ3) is 7.80. The van der Waals surface area contributed by atoms with E-state index in [0.29, 0.717) is 17.0 Å². The van der Waals surface area contributed by atoms with Crippen molar-refractivity contribution in [2.75, 3.05) is 10.8 Å². The predicted octanol–water partition coefficient (Wildman–Crippen LogP) is 5.31. The number of nitrogens with zero attached hydrogens (tertiary/aromatic N) is 2. The van der Waals surface area contributed by atoms with Gasteiger partial charge in [-0.3, -0.25) is 13.9 Å². The summed E-state index contributed by atoms with van der Waals surface area (Å²) in [4.78, 5) is 28.2. The first-order valence-electron chi connectivity index (χ1n) is 12.6. The van der Waals surface area contributed by atoms with Crippen molar-refractivity contribution in [1.82, 2.24) is 10.2 Å². The number of benzene rings is 3. The van der Waals surface area contributed by atoms with Crippen LogP contribution in [-0.4, -0.2) is 43.8 Å². The zero-order valence-electron chi connectivity index (χ0n) is 22.4. The highest BCUT2D eigenvalue weighted by atomic mass is 35.5. The molecule has 3 aromatic carbocycles. The van der Waals surface area contributed by atoms with Gasteiger partial charge in [-0.2, -0.15) is 0 Å². The lowest BCUT2D eigenvalue weighted by atomic mass is 10.1. The molecule has 208 valence electrons. The van der Waals surface area contributed by atoms with Gasteiger partial charge in [0.1, 0.15) is 18.4 Å². The van der Waals surface area contributed by atoms with Gasteiger partial charge in [0.2, 0.25) is 11.8 Å². The molecule has 10 heteroatoms. The number of aryl methyl sites for hydroxylation is 1. The second kappa shape index (κ2) is 13.1. The molecule has 0 fully saturated rings. The molecule has 2 atom stereocenters. The van der Waals surface area contributed by atoms with Gasteiger partial charge in [-0.25, -0.2) is 12.8 Å². The Morgan fingerprint density at radius 1 is 1.00 bits per heavy atom. The van der Waals surface area contributed by atoms with Crippen molar-refractivity contribution in [3.63, 3.8) is 0 Å². The van der Waals surface area contributed by atoms with Crippen LogP contribution in [0.1, 0.15) is 38.3 Å². The quantitative estimate of drug-likeness (QED) is 0.337. The molecule has 0 heterocycles. The Labute approximate surface area is 234 Å². The first-order chi connectivity index (χ1) is 18.4. The van der Waals surface area contributed by atoms with Gasteiger partial charge >= 0.3 is 0 Å². The van der Waals surface area contributed by atoms with Crippen molar-refractivity contribution >= 4 is 39.1 Å². The molecule has 0 saturated carbocycles. The summed E-state index contributed by atoms with van der Waals surface area (Å²) >= 11 is 6.15. The van der Waals surface area contributed by atoms with Crippen molar-refractivity contribution in [3.05, 3.63) is 94.8 Å². The molecule has 0 aliphatic heterocycles. The fourth-order valence-corrected chi connectivity index (χ4v) is 5.48. The van der Waals surface area contributed by atoms with E-state index in [9.17, 15) is 22.4 Å². The van der Waals surface area contributed by atoms with Crippen LogP contribution in [0.2, 0.25) is 5.02 Å². The zero-order chi connectivity index (χ0) is 28.7. The van der Waals surface area contributed by atoms with Crippen LogP contribution in [0.15, 0.2) is 77.7 Å². The van der Waals surface area contributed by atoms with Crippen LogP contribution in [0.5, 0.6) is 0 Å². The second-order valence-electron chi connectivity index (χ2n) is 9.45. The molecule has 1 N–H and O–H groups in total. The normalized spacial score (nSPS) is 12.9. The molecule has 3 rings (SSSR count). The van der Waals surface area contributed by atoms with E-state index >= 15 is 0 Å². The average Bonchev–Trinajstić information content (AvgIpc) is 2.90. The maximum atomic E-state index is 13.8. The number of hydrogen-bond acceptors (Lipinski definition) is 4. The number of nitrogens with one attached hydrogen (secondary N) is 1. The minimum absolute atomic E-state index is 0.0193. The van der Waals surface area contributed by atoms with Crippen molar-refractivity contribution in [3.8, 4) is 0 Å². The van der Waals surface area contributed by atoms with E-state index in [1.807, 2.05) is 20.8 Å².